The summed E-state index contributed by atoms with van der Waals surface area (Å²) in [5.74, 6) is 1.75. The molecule has 2 rings (SSSR count). The molecule has 1 aromatic heterocycles. The van der Waals surface area contributed by atoms with Gasteiger partial charge >= 0.3 is 0 Å². The number of nitrogens with one attached hydrogen (secondary N) is 1. The first-order valence-electron chi connectivity index (χ1n) is 5.44. The molecule has 1 aromatic rings. The number of nitrogen functional groups attached to an aromatic ring is 1. The van der Waals surface area contributed by atoms with Gasteiger partial charge in [-0.1, -0.05) is 0 Å². The topological polar surface area (TPSA) is 101 Å². The fraction of sp³-hybridized carbons (Fsp3) is 0.600. The van der Waals surface area contributed by atoms with Gasteiger partial charge in [-0.3, -0.25) is 4.79 Å². The summed E-state index contributed by atoms with van der Waals surface area (Å²) in [6.45, 7) is 3.34. The van der Waals surface area contributed by atoms with Crippen LogP contribution in [0.5, 0.6) is 0 Å². The number of anilines is 2. The molecular formula is C10H17N5O. The van der Waals surface area contributed by atoms with Gasteiger partial charge in [-0.15, -0.1) is 0 Å². The zero-order valence-electron chi connectivity index (χ0n) is 9.36. The molecule has 0 bridgehead atoms. The Balaban J connectivity index is 2.15. The highest BCUT2D eigenvalue weighted by Crippen LogP contribution is 2.25. The average Bonchev–Trinajstić information content (AvgIpc) is 2.58. The number of aromatic amines is 1. The molecule has 6 heteroatoms. The molecule has 0 aliphatic carbocycles. The van der Waals surface area contributed by atoms with Gasteiger partial charge in [0.15, 0.2) is 5.82 Å². The highest BCUT2D eigenvalue weighted by atomic mass is 16.1. The van der Waals surface area contributed by atoms with E-state index in [1.165, 1.54) is 0 Å². The Bertz CT molecular complexity index is 400. The van der Waals surface area contributed by atoms with Crippen LogP contribution in [0.2, 0.25) is 0 Å². The molecule has 88 valence electrons. The van der Waals surface area contributed by atoms with Crippen LogP contribution in [0.15, 0.2) is 0 Å². The number of imidazole rings is 1. The second-order valence-electron chi connectivity index (χ2n) is 4.25. The fourth-order valence-corrected chi connectivity index (χ4v) is 2.14. The third-order valence-corrected chi connectivity index (χ3v) is 2.95. The molecule has 1 unspecified atom stereocenters. The summed E-state index contributed by atoms with van der Waals surface area (Å²) in [5.41, 5.74) is 11.1. The van der Waals surface area contributed by atoms with E-state index in [4.69, 9.17) is 11.5 Å². The lowest BCUT2D eigenvalue weighted by atomic mass is 9.97. The maximum Gasteiger partial charge on any atom is 0.222 e. The molecule has 16 heavy (non-hydrogen) atoms. The third-order valence-electron chi connectivity index (χ3n) is 2.95. The summed E-state index contributed by atoms with van der Waals surface area (Å²) >= 11 is 0. The number of hydrogen-bond acceptors (Lipinski definition) is 4. The maximum absolute atomic E-state index is 11.2. The van der Waals surface area contributed by atoms with Gasteiger partial charge in [-0.25, -0.2) is 4.98 Å². The van der Waals surface area contributed by atoms with Crippen LogP contribution in [0.25, 0.3) is 0 Å². The van der Waals surface area contributed by atoms with Crippen LogP contribution < -0.4 is 16.4 Å². The van der Waals surface area contributed by atoms with E-state index in [1.54, 1.807) is 0 Å². The summed E-state index contributed by atoms with van der Waals surface area (Å²) in [6.07, 6.45) is 1.80. The number of nitrogens with two attached hydrogens (primary N) is 2. The molecule has 1 aliphatic rings. The maximum atomic E-state index is 11.2. The minimum Gasteiger partial charge on any atom is -0.382 e. The van der Waals surface area contributed by atoms with Crippen LogP contribution in [0.3, 0.4) is 0 Å². The summed E-state index contributed by atoms with van der Waals surface area (Å²) < 4.78 is 0. The average molecular weight is 223 g/mol. The van der Waals surface area contributed by atoms with Crippen LogP contribution in [0.4, 0.5) is 11.6 Å². The van der Waals surface area contributed by atoms with Gasteiger partial charge in [-0.2, -0.15) is 0 Å². The zero-order chi connectivity index (χ0) is 11.7. The highest BCUT2D eigenvalue weighted by molar-refractivity contribution is 5.77. The molecule has 1 amide bonds. The summed E-state index contributed by atoms with van der Waals surface area (Å²) in [4.78, 5) is 20.5. The first-order valence-corrected chi connectivity index (χ1v) is 5.44. The van der Waals surface area contributed by atoms with Crippen LogP contribution in [-0.4, -0.2) is 29.0 Å². The van der Waals surface area contributed by atoms with Crippen molar-refractivity contribution in [2.45, 2.75) is 19.8 Å². The lowest BCUT2D eigenvalue weighted by Gasteiger charge is -2.31. The number of aromatic nitrogens is 2. The van der Waals surface area contributed by atoms with E-state index in [9.17, 15) is 4.79 Å². The lowest BCUT2D eigenvalue weighted by Crippen LogP contribution is -2.41. The quantitative estimate of drug-likeness (QED) is 0.657. The van der Waals surface area contributed by atoms with Gasteiger partial charge in [0.25, 0.3) is 0 Å². The Morgan fingerprint density at radius 3 is 2.94 bits per heavy atom. The van der Waals surface area contributed by atoms with Gasteiger partial charge in [0.05, 0.1) is 5.92 Å². The van der Waals surface area contributed by atoms with Gasteiger partial charge in [0.1, 0.15) is 11.6 Å². The summed E-state index contributed by atoms with van der Waals surface area (Å²) in [7, 11) is 0. The number of carbonyl (C=O) groups excluding carboxylic acids is 1. The van der Waals surface area contributed by atoms with E-state index >= 15 is 0 Å². The fourth-order valence-electron chi connectivity index (χ4n) is 2.14. The van der Waals surface area contributed by atoms with Crippen LogP contribution in [0.1, 0.15) is 18.7 Å². The Kier molecular flexibility index (Phi) is 2.72. The van der Waals surface area contributed by atoms with Crippen molar-refractivity contribution in [2.24, 2.45) is 11.7 Å². The second kappa shape index (κ2) is 4.03. The SMILES string of the molecule is Cc1nc(N2CCCC(C(N)=O)C2)c(N)[nH]1. The van der Waals surface area contributed by atoms with Crippen molar-refractivity contribution in [3.8, 4) is 0 Å². The number of aryl methyl sites for hydroxylation is 1. The van der Waals surface area contributed by atoms with E-state index in [1.807, 2.05) is 11.8 Å². The van der Waals surface area contributed by atoms with E-state index in [0.717, 1.165) is 31.0 Å². The smallest absolute Gasteiger partial charge is 0.222 e. The number of rotatable bonds is 2. The van der Waals surface area contributed by atoms with Crippen molar-refractivity contribution < 1.29 is 4.79 Å². The Morgan fingerprint density at radius 1 is 1.62 bits per heavy atom. The third kappa shape index (κ3) is 1.95. The largest absolute Gasteiger partial charge is 0.382 e. The van der Waals surface area contributed by atoms with Crippen LogP contribution in [0, 0.1) is 12.8 Å². The van der Waals surface area contributed by atoms with Crippen molar-refractivity contribution in [3.63, 3.8) is 0 Å². The molecular weight excluding hydrogens is 206 g/mol. The Hall–Kier alpha value is -1.72. The number of nitrogens with zero attached hydrogens (tertiary/aromatic N) is 2. The van der Waals surface area contributed by atoms with Gasteiger partial charge in [0, 0.05) is 13.1 Å². The summed E-state index contributed by atoms with van der Waals surface area (Å²) in [6, 6.07) is 0. The molecule has 0 radical (unpaired) electrons. The zero-order valence-corrected chi connectivity index (χ0v) is 9.36. The van der Waals surface area contributed by atoms with Crippen molar-refractivity contribution in [1.29, 1.82) is 0 Å². The summed E-state index contributed by atoms with van der Waals surface area (Å²) in [5, 5.41) is 0. The van der Waals surface area contributed by atoms with E-state index in [2.05, 4.69) is 9.97 Å². The molecule has 0 spiro atoms. The van der Waals surface area contributed by atoms with Crippen molar-refractivity contribution in [3.05, 3.63) is 5.82 Å². The molecule has 1 atom stereocenters. The standard InChI is InChI=1S/C10H17N5O/c1-6-13-8(11)10(14-6)15-4-2-3-7(5-15)9(12)16/h7H,2-5,11H2,1H3,(H2,12,16)(H,13,14). The minimum atomic E-state index is -0.240. The van der Waals surface area contributed by atoms with E-state index < -0.39 is 0 Å². The molecule has 2 heterocycles. The number of hydrogen-bond donors (Lipinski definition) is 3. The number of primary amides is 1. The molecule has 5 N–H and O–H groups in total. The van der Waals surface area contributed by atoms with Gasteiger partial charge in [0.2, 0.25) is 5.91 Å². The van der Waals surface area contributed by atoms with Gasteiger partial charge < -0.3 is 21.4 Å². The second-order valence-corrected chi connectivity index (χ2v) is 4.25. The van der Waals surface area contributed by atoms with E-state index in [0.29, 0.717) is 12.4 Å². The Labute approximate surface area is 94.0 Å². The molecule has 1 aliphatic heterocycles. The molecule has 0 saturated carbocycles. The van der Waals surface area contributed by atoms with Crippen LogP contribution >= 0.6 is 0 Å². The normalized spacial score (nSPS) is 21.1. The first kappa shape index (κ1) is 10.8. The minimum absolute atomic E-state index is 0.0924. The Morgan fingerprint density at radius 2 is 2.38 bits per heavy atom. The van der Waals surface area contributed by atoms with Crippen LogP contribution in [-0.2, 0) is 4.79 Å². The molecule has 1 saturated heterocycles. The number of carbonyl (C=O) groups is 1. The molecule has 6 nitrogen and oxygen atoms in total. The number of H-pyrrole nitrogens is 1. The predicted octanol–water partition coefficient (Wildman–Crippen LogP) is 0.00202. The number of amides is 1. The predicted molar refractivity (Wildman–Crippen MR) is 61.9 cm³/mol. The van der Waals surface area contributed by atoms with Gasteiger partial charge in [-0.05, 0) is 19.8 Å². The highest BCUT2D eigenvalue weighted by Gasteiger charge is 2.26. The van der Waals surface area contributed by atoms with Crippen molar-refractivity contribution >= 4 is 17.5 Å². The van der Waals surface area contributed by atoms with Crippen molar-refractivity contribution in [1.82, 2.24) is 9.97 Å². The number of piperidine rings is 1. The molecule has 0 aromatic carbocycles. The monoisotopic (exact) mass is 223 g/mol. The first-order chi connectivity index (χ1) is 7.58. The van der Waals surface area contributed by atoms with E-state index in [-0.39, 0.29) is 11.8 Å². The lowest BCUT2D eigenvalue weighted by molar-refractivity contribution is -0.122. The van der Waals surface area contributed by atoms with Crippen molar-refractivity contribution in [2.75, 3.05) is 23.7 Å². The molecule has 1 fully saturated rings.